The second-order valence-corrected chi connectivity index (χ2v) is 6.82. The molecule has 3 rings (SSSR count). The van der Waals surface area contributed by atoms with E-state index in [4.69, 9.17) is 4.42 Å². The van der Waals surface area contributed by atoms with E-state index in [1.54, 1.807) is 0 Å². The molecule has 0 spiro atoms. The van der Waals surface area contributed by atoms with Crippen LogP contribution in [0.3, 0.4) is 0 Å². The van der Waals surface area contributed by atoms with Crippen LogP contribution in [-0.2, 0) is 11.3 Å². The summed E-state index contributed by atoms with van der Waals surface area (Å²) in [6.07, 6.45) is 2.90. The van der Waals surface area contributed by atoms with Crippen LogP contribution in [0.5, 0.6) is 0 Å². The molecule has 5 nitrogen and oxygen atoms in total. The summed E-state index contributed by atoms with van der Waals surface area (Å²) in [6, 6.07) is 15.6. The molecular weight excluding hydrogens is 364 g/mol. The van der Waals surface area contributed by atoms with Crippen LogP contribution in [0.2, 0.25) is 0 Å². The highest BCUT2D eigenvalue weighted by Gasteiger charge is 2.11. The molecule has 0 radical (unpaired) electrons. The van der Waals surface area contributed by atoms with Gasteiger partial charge in [-0.25, -0.2) is 4.79 Å². The molecule has 150 valence electrons. The minimum absolute atomic E-state index is 0.260. The summed E-state index contributed by atoms with van der Waals surface area (Å²) in [5.74, 6) is -0.260. The molecule has 0 saturated carbocycles. The maximum Gasteiger partial charge on any atom is 0.343 e. The third-order valence-corrected chi connectivity index (χ3v) is 5.04. The number of anilines is 1. The second kappa shape index (κ2) is 9.24. The fourth-order valence-electron chi connectivity index (χ4n) is 3.34. The van der Waals surface area contributed by atoms with E-state index in [0.717, 1.165) is 35.3 Å². The first-order chi connectivity index (χ1) is 14.0. The standard InChI is InChI=1S/C24H26N2O3/c1-4-26(5-2)19-11-12-20-17(3)21(24(28)29-22(20)15-19)13-14-23(27)25-16-18-9-7-6-8-10-18/h6-15H,4-5,16H2,1-3H3,(H,25,27). The first kappa shape index (κ1) is 20.4. The first-order valence-corrected chi connectivity index (χ1v) is 9.85. The second-order valence-electron chi connectivity index (χ2n) is 6.82. The monoisotopic (exact) mass is 390 g/mol. The summed E-state index contributed by atoms with van der Waals surface area (Å²) in [5.41, 5.74) is 3.34. The number of hydrogen-bond acceptors (Lipinski definition) is 4. The SMILES string of the molecule is CCN(CC)c1ccc2c(C)c(C=CC(=O)NCc3ccccc3)c(=O)oc2c1. The molecule has 1 heterocycles. The number of amides is 1. The van der Waals surface area contributed by atoms with Crippen LogP contribution in [0.15, 0.2) is 63.8 Å². The van der Waals surface area contributed by atoms with Crippen molar-refractivity contribution in [3.05, 3.63) is 81.7 Å². The lowest BCUT2D eigenvalue weighted by atomic mass is 10.0. The van der Waals surface area contributed by atoms with Crippen LogP contribution in [0, 0.1) is 6.92 Å². The van der Waals surface area contributed by atoms with Crippen molar-refractivity contribution in [1.29, 1.82) is 0 Å². The summed E-state index contributed by atoms with van der Waals surface area (Å²) in [6.45, 7) is 8.24. The van der Waals surface area contributed by atoms with Crippen molar-refractivity contribution in [2.24, 2.45) is 0 Å². The zero-order chi connectivity index (χ0) is 20.8. The van der Waals surface area contributed by atoms with Crippen molar-refractivity contribution in [2.45, 2.75) is 27.3 Å². The van der Waals surface area contributed by atoms with Gasteiger partial charge in [0.1, 0.15) is 5.58 Å². The van der Waals surface area contributed by atoms with E-state index in [1.165, 1.54) is 12.2 Å². The van der Waals surface area contributed by atoms with Gasteiger partial charge in [0, 0.05) is 42.9 Å². The first-order valence-electron chi connectivity index (χ1n) is 9.85. The average molecular weight is 390 g/mol. The van der Waals surface area contributed by atoms with Crippen LogP contribution < -0.4 is 15.8 Å². The fourth-order valence-corrected chi connectivity index (χ4v) is 3.34. The topological polar surface area (TPSA) is 62.6 Å². The zero-order valence-electron chi connectivity index (χ0n) is 17.1. The number of fused-ring (bicyclic) bond motifs is 1. The molecule has 1 amide bonds. The Morgan fingerprint density at radius 1 is 1.10 bits per heavy atom. The average Bonchev–Trinajstić information content (AvgIpc) is 2.73. The van der Waals surface area contributed by atoms with Gasteiger partial charge in [-0.05, 0) is 50.1 Å². The number of rotatable bonds is 7. The Hall–Kier alpha value is -3.34. The Balaban J connectivity index is 1.82. The van der Waals surface area contributed by atoms with E-state index in [2.05, 4.69) is 24.1 Å². The number of nitrogens with one attached hydrogen (secondary N) is 1. The summed E-state index contributed by atoms with van der Waals surface area (Å²) in [7, 11) is 0. The lowest BCUT2D eigenvalue weighted by molar-refractivity contribution is -0.116. The van der Waals surface area contributed by atoms with Crippen LogP contribution in [0.1, 0.15) is 30.5 Å². The van der Waals surface area contributed by atoms with Crippen molar-refractivity contribution in [2.75, 3.05) is 18.0 Å². The van der Waals surface area contributed by atoms with Crippen molar-refractivity contribution >= 4 is 28.6 Å². The molecule has 1 N–H and O–H groups in total. The highest BCUT2D eigenvalue weighted by atomic mass is 16.4. The van der Waals surface area contributed by atoms with Crippen LogP contribution in [-0.4, -0.2) is 19.0 Å². The van der Waals surface area contributed by atoms with E-state index in [-0.39, 0.29) is 5.91 Å². The molecule has 29 heavy (non-hydrogen) atoms. The predicted molar refractivity (Wildman–Crippen MR) is 118 cm³/mol. The lowest BCUT2D eigenvalue weighted by Crippen LogP contribution is -2.21. The molecule has 0 fully saturated rings. The molecule has 2 aromatic carbocycles. The molecule has 0 aliphatic rings. The van der Waals surface area contributed by atoms with Gasteiger partial charge >= 0.3 is 5.63 Å². The number of benzene rings is 2. The number of carbonyl (C=O) groups is 1. The minimum Gasteiger partial charge on any atom is -0.422 e. The zero-order valence-corrected chi connectivity index (χ0v) is 17.1. The molecule has 5 heteroatoms. The highest BCUT2D eigenvalue weighted by Crippen LogP contribution is 2.25. The number of aryl methyl sites for hydroxylation is 1. The molecule has 3 aromatic rings. The predicted octanol–water partition coefficient (Wildman–Crippen LogP) is 4.28. The Labute approximate surface area is 170 Å². The normalized spacial score (nSPS) is 11.1. The van der Waals surface area contributed by atoms with Crippen LogP contribution in [0.25, 0.3) is 17.0 Å². The molecule has 0 atom stereocenters. The Morgan fingerprint density at radius 2 is 1.83 bits per heavy atom. The van der Waals surface area contributed by atoms with Gasteiger partial charge in [-0.2, -0.15) is 0 Å². The molecule has 1 aromatic heterocycles. The summed E-state index contributed by atoms with van der Waals surface area (Å²) in [5, 5.41) is 3.68. The van der Waals surface area contributed by atoms with E-state index < -0.39 is 5.63 Å². The summed E-state index contributed by atoms with van der Waals surface area (Å²) < 4.78 is 5.55. The third kappa shape index (κ3) is 4.74. The largest absolute Gasteiger partial charge is 0.422 e. The smallest absolute Gasteiger partial charge is 0.343 e. The van der Waals surface area contributed by atoms with Crippen molar-refractivity contribution in [1.82, 2.24) is 5.32 Å². The Kier molecular flexibility index (Phi) is 6.50. The molecule has 0 aliphatic heterocycles. The van der Waals surface area contributed by atoms with Crippen molar-refractivity contribution < 1.29 is 9.21 Å². The van der Waals surface area contributed by atoms with Gasteiger partial charge < -0.3 is 14.6 Å². The van der Waals surface area contributed by atoms with Gasteiger partial charge in [0.05, 0.1) is 5.56 Å². The molecule has 0 bridgehead atoms. The van der Waals surface area contributed by atoms with Crippen molar-refractivity contribution in [3.8, 4) is 0 Å². The van der Waals surface area contributed by atoms with Crippen molar-refractivity contribution in [3.63, 3.8) is 0 Å². The number of carbonyl (C=O) groups excluding carboxylic acids is 1. The Bertz CT molecular complexity index is 1080. The van der Waals surface area contributed by atoms with E-state index >= 15 is 0 Å². The van der Waals surface area contributed by atoms with Crippen LogP contribution >= 0.6 is 0 Å². The number of hydrogen-bond donors (Lipinski definition) is 1. The van der Waals surface area contributed by atoms with Gasteiger partial charge in [0.2, 0.25) is 5.91 Å². The third-order valence-electron chi connectivity index (χ3n) is 5.04. The van der Waals surface area contributed by atoms with Gasteiger partial charge in [-0.1, -0.05) is 30.3 Å². The van der Waals surface area contributed by atoms with Gasteiger partial charge in [0.15, 0.2) is 0 Å². The quantitative estimate of drug-likeness (QED) is 0.483. The molecule has 0 saturated heterocycles. The van der Waals surface area contributed by atoms with Crippen LogP contribution in [0.4, 0.5) is 5.69 Å². The molecule has 0 aliphatic carbocycles. The molecular formula is C24H26N2O3. The molecule has 0 unspecified atom stereocenters. The maximum absolute atomic E-state index is 12.5. The summed E-state index contributed by atoms with van der Waals surface area (Å²) in [4.78, 5) is 26.8. The summed E-state index contributed by atoms with van der Waals surface area (Å²) >= 11 is 0. The Morgan fingerprint density at radius 3 is 2.52 bits per heavy atom. The fraction of sp³-hybridized carbons (Fsp3) is 0.250. The minimum atomic E-state index is -0.446. The maximum atomic E-state index is 12.5. The lowest BCUT2D eigenvalue weighted by Gasteiger charge is -2.21. The van der Waals surface area contributed by atoms with Gasteiger partial charge in [-0.3, -0.25) is 4.79 Å². The van der Waals surface area contributed by atoms with E-state index in [0.29, 0.717) is 17.7 Å². The van der Waals surface area contributed by atoms with Gasteiger partial charge in [-0.15, -0.1) is 0 Å². The van der Waals surface area contributed by atoms with E-state index in [1.807, 2.05) is 55.5 Å². The van der Waals surface area contributed by atoms with Gasteiger partial charge in [0.25, 0.3) is 0 Å². The van der Waals surface area contributed by atoms with E-state index in [9.17, 15) is 9.59 Å². The highest BCUT2D eigenvalue weighted by molar-refractivity contribution is 5.93. The number of nitrogens with zero attached hydrogens (tertiary/aromatic N) is 1.